The van der Waals surface area contributed by atoms with E-state index in [0.29, 0.717) is 56.0 Å². The summed E-state index contributed by atoms with van der Waals surface area (Å²) in [5.74, 6) is 0.374. The molecule has 15 nitrogen and oxygen atoms in total. The van der Waals surface area contributed by atoms with E-state index in [1.54, 1.807) is 13.3 Å². The van der Waals surface area contributed by atoms with E-state index in [1.807, 2.05) is 4.90 Å². The van der Waals surface area contributed by atoms with Crippen LogP contribution in [0.3, 0.4) is 0 Å². The summed E-state index contributed by atoms with van der Waals surface area (Å²) in [6, 6.07) is 4.35. The number of carbonyl (C=O) groups excluding carboxylic acids is 1. The fourth-order valence-corrected chi connectivity index (χ4v) is 13.9. The number of alkyl halides is 1. The quantitative estimate of drug-likeness (QED) is 0.348. The molecule has 1 amide bonds. The number of nitrogens with one attached hydrogen (secondary N) is 3. The Labute approximate surface area is 372 Å². The molecule has 10 fully saturated rings. The van der Waals surface area contributed by atoms with Crippen molar-refractivity contribution < 1.29 is 27.4 Å². The van der Waals surface area contributed by atoms with E-state index in [-0.39, 0.29) is 89.6 Å². The maximum absolute atomic E-state index is 15.6. The van der Waals surface area contributed by atoms with Crippen molar-refractivity contribution in [2.75, 3.05) is 76.4 Å². The Balaban J connectivity index is 0.878. The largest absolute Gasteiger partial charge is 0.380 e. The molecular weight excluding hydrogens is 826 g/mol. The van der Waals surface area contributed by atoms with Crippen molar-refractivity contribution in [3.05, 3.63) is 36.0 Å². The summed E-state index contributed by atoms with van der Waals surface area (Å²) in [7, 11) is 3.97. The second-order valence-corrected chi connectivity index (χ2v) is 21.1. The van der Waals surface area contributed by atoms with Gasteiger partial charge in [-0.1, -0.05) is 0 Å². The Bertz CT molecular complexity index is 2250. The summed E-state index contributed by atoms with van der Waals surface area (Å²) in [4.78, 5) is 35.9. The number of halogens is 3. The lowest BCUT2D eigenvalue weighted by Gasteiger charge is -2.58. The van der Waals surface area contributed by atoms with Crippen LogP contribution in [0.1, 0.15) is 64.7 Å². The number of methoxy groups -OCH3 is 1. The molecule has 10 aliphatic rings. The molecule has 346 valence electrons. The van der Waals surface area contributed by atoms with Crippen LogP contribution in [-0.2, 0) is 14.3 Å². The third kappa shape index (κ3) is 7.11. The van der Waals surface area contributed by atoms with Crippen LogP contribution in [0, 0.1) is 28.9 Å². The summed E-state index contributed by atoms with van der Waals surface area (Å²) < 4.78 is 58.6. The highest BCUT2D eigenvalue weighted by atomic mass is 19.1. The summed E-state index contributed by atoms with van der Waals surface area (Å²) in [6.45, 7) is 7.86. The first-order valence-corrected chi connectivity index (χ1v) is 24.0. The molecule has 3 aromatic rings. The van der Waals surface area contributed by atoms with Crippen LogP contribution < -0.4 is 25.8 Å². The van der Waals surface area contributed by atoms with Gasteiger partial charge in [-0.15, -0.1) is 0 Å². The number of hydrogen-bond donors (Lipinski definition) is 3. The Kier molecular flexibility index (Phi) is 10.4. The van der Waals surface area contributed by atoms with Crippen LogP contribution in [0.4, 0.5) is 24.9 Å². The smallest absolute Gasteiger partial charge is 0.230 e. The van der Waals surface area contributed by atoms with Gasteiger partial charge in [0, 0.05) is 94.0 Å². The van der Waals surface area contributed by atoms with Crippen molar-refractivity contribution >= 4 is 28.7 Å². The maximum atomic E-state index is 15.6. The SMILES string of the molecule is CO[C@@H]1CN(C)C[C@@H]2C[C@@H](CN2c2nc(N3C4CC3CN(C(=O)C3CC5(COC5)C3)C4)nc3c2cnn3-c2ccc(F)cc2F)NC2CCCC(N2)C2CC(F)CC3NC(C)N(C1)C32. The van der Waals surface area contributed by atoms with E-state index in [1.165, 1.54) is 16.8 Å². The van der Waals surface area contributed by atoms with E-state index < -0.39 is 17.8 Å². The van der Waals surface area contributed by atoms with E-state index in [4.69, 9.17) is 24.5 Å². The van der Waals surface area contributed by atoms with Gasteiger partial charge in [0.2, 0.25) is 11.9 Å². The van der Waals surface area contributed by atoms with Crippen LogP contribution in [0.25, 0.3) is 16.7 Å². The van der Waals surface area contributed by atoms with E-state index in [9.17, 15) is 9.18 Å². The van der Waals surface area contributed by atoms with Gasteiger partial charge in [0.25, 0.3) is 0 Å². The number of benzene rings is 1. The number of fused-ring (bicyclic) bond motifs is 8. The first-order chi connectivity index (χ1) is 31.0. The van der Waals surface area contributed by atoms with Gasteiger partial charge in [0.15, 0.2) is 11.5 Å². The third-order valence-electron chi connectivity index (χ3n) is 16.9. The van der Waals surface area contributed by atoms with Crippen molar-refractivity contribution in [1.82, 2.24) is 50.4 Å². The number of piperazine rings is 1. The number of aromatic nitrogens is 4. The fraction of sp³-hybridized carbons (Fsp3) is 0.739. The second kappa shape index (κ2) is 16.0. The fourth-order valence-electron chi connectivity index (χ4n) is 13.9. The zero-order valence-corrected chi connectivity index (χ0v) is 37.2. The third-order valence-corrected chi connectivity index (χ3v) is 16.9. The highest BCUT2D eigenvalue weighted by Gasteiger charge is 2.56. The minimum atomic E-state index is -0.824. The van der Waals surface area contributed by atoms with Crippen LogP contribution in [0.2, 0.25) is 0 Å². The number of likely N-dealkylation sites (N-methyl/N-ethyl adjacent to an activating group) is 1. The van der Waals surface area contributed by atoms with Crippen molar-refractivity contribution in [2.24, 2.45) is 17.3 Å². The second-order valence-electron chi connectivity index (χ2n) is 21.1. The van der Waals surface area contributed by atoms with Crippen molar-refractivity contribution in [3.63, 3.8) is 0 Å². The molecule has 1 spiro atoms. The first-order valence-electron chi connectivity index (χ1n) is 24.0. The van der Waals surface area contributed by atoms with Crippen LogP contribution in [0.15, 0.2) is 24.4 Å². The van der Waals surface area contributed by atoms with E-state index >= 15 is 8.78 Å². The topological polar surface area (TPSA) is 131 Å². The monoisotopic (exact) mass is 889 g/mol. The number of amides is 1. The lowest BCUT2D eigenvalue weighted by molar-refractivity contribution is -0.189. The number of ether oxygens (including phenoxy) is 2. The van der Waals surface area contributed by atoms with Gasteiger partial charge in [-0.3, -0.25) is 25.6 Å². The molecule has 0 radical (unpaired) electrons. The first kappa shape index (κ1) is 41.8. The molecule has 18 heteroatoms. The molecule has 2 aromatic heterocycles. The Morgan fingerprint density at radius 1 is 0.922 bits per heavy atom. The molecule has 8 saturated heterocycles. The molecule has 1 aromatic carbocycles. The predicted molar refractivity (Wildman–Crippen MR) is 234 cm³/mol. The molecule has 3 N–H and O–H groups in total. The summed E-state index contributed by atoms with van der Waals surface area (Å²) >= 11 is 0. The van der Waals surface area contributed by atoms with E-state index in [2.05, 4.69) is 49.5 Å². The van der Waals surface area contributed by atoms with Gasteiger partial charge in [-0.05, 0) is 89.8 Å². The Hall–Kier alpha value is -3.65. The molecule has 9 unspecified atom stereocenters. The van der Waals surface area contributed by atoms with Gasteiger partial charge in [-0.25, -0.2) is 17.9 Å². The number of piperidine rings is 2. The average Bonchev–Trinajstić information content (AvgIpc) is 3.93. The van der Waals surface area contributed by atoms with Crippen LogP contribution in [-0.4, -0.2) is 174 Å². The summed E-state index contributed by atoms with van der Waals surface area (Å²) in [6.07, 6.45) is 8.87. The van der Waals surface area contributed by atoms with Gasteiger partial charge in [0.1, 0.15) is 23.5 Å². The summed E-state index contributed by atoms with van der Waals surface area (Å²) in [5.41, 5.74) is 0.780. The number of rotatable bonds is 5. The van der Waals surface area contributed by atoms with Crippen molar-refractivity contribution in [3.8, 4) is 5.69 Å². The minimum absolute atomic E-state index is 0.0452. The molecule has 2 aliphatic carbocycles. The standard InChI is InChI=1S/C46H63F3N12O3/c1-25-51-38-11-28(48)9-34-37-5-4-6-40(53-37)52-29-12-30(18-56(2)21-33(63-3)22-58(25)41(34)38)59(17-29)42-35-16-50-61(39-8-7-27(47)10-36(39)49)43(35)55-45(54-42)60-31-13-32(60)20-57(19-31)44(62)26-14-46(15-26)23-64-24-46/h7-8,10,16,25-26,28-34,37-38,40-41,51-53H,4-6,9,11-15,17-24H2,1-3H3/t25?,28?,29-,30-,31?,32?,33+,34?,37?,38?,40?,41?/m0/s1. The van der Waals surface area contributed by atoms with Crippen molar-refractivity contribution in [2.45, 2.75) is 132 Å². The van der Waals surface area contributed by atoms with Gasteiger partial charge >= 0.3 is 0 Å². The van der Waals surface area contributed by atoms with Gasteiger partial charge in [0.05, 0.1) is 55.3 Å². The number of hydrogen-bond acceptors (Lipinski definition) is 13. The molecule has 6 bridgehead atoms. The van der Waals surface area contributed by atoms with Crippen molar-refractivity contribution in [1.29, 1.82) is 0 Å². The lowest BCUT2D eigenvalue weighted by Crippen LogP contribution is -2.71. The highest BCUT2D eigenvalue weighted by molar-refractivity contribution is 5.90. The van der Waals surface area contributed by atoms with E-state index in [0.717, 1.165) is 83.1 Å². The maximum Gasteiger partial charge on any atom is 0.230 e. The highest BCUT2D eigenvalue weighted by Crippen LogP contribution is 2.52. The van der Waals surface area contributed by atoms with Gasteiger partial charge in [-0.2, -0.15) is 15.1 Å². The zero-order valence-electron chi connectivity index (χ0n) is 37.2. The Morgan fingerprint density at radius 3 is 2.52 bits per heavy atom. The predicted octanol–water partition coefficient (Wildman–Crippen LogP) is 3.01. The molecule has 8 aliphatic heterocycles. The summed E-state index contributed by atoms with van der Waals surface area (Å²) in [5, 5.41) is 17.2. The molecular formula is C46H63F3N12O3. The molecule has 12 atom stereocenters. The van der Waals surface area contributed by atoms with Gasteiger partial charge < -0.3 is 29.1 Å². The zero-order chi connectivity index (χ0) is 43.6. The molecule has 2 saturated carbocycles. The lowest BCUT2D eigenvalue weighted by atomic mass is 9.60. The van der Waals surface area contributed by atoms with Crippen LogP contribution >= 0.6 is 0 Å². The van der Waals surface area contributed by atoms with Crippen LogP contribution in [0.5, 0.6) is 0 Å². The molecule has 13 rings (SSSR count). The normalized spacial score (nSPS) is 37.8. The number of carbonyl (C=O) groups is 1. The Morgan fingerprint density at radius 2 is 1.75 bits per heavy atom. The average molecular weight is 889 g/mol. The number of anilines is 2. The molecule has 10 heterocycles. The minimum Gasteiger partial charge on any atom is -0.380 e. The number of nitrogens with zero attached hydrogens (tertiary/aromatic N) is 9. The molecule has 64 heavy (non-hydrogen) atoms.